The maximum absolute atomic E-state index is 12.3. The van der Waals surface area contributed by atoms with Crippen molar-refractivity contribution in [1.82, 2.24) is 10.2 Å². The molecule has 0 spiro atoms. The van der Waals surface area contributed by atoms with Crippen molar-refractivity contribution in [2.75, 3.05) is 26.7 Å². The molecule has 0 aromatic heterocycles. The molecule has 1 atom stereocenters. The highest BCUT2D eigenvalue weighted by Gasteiger charge is 2.38. The van der Waals surface area contributed by atoms with E-state index in [1.807, 2.05) is 42.3 Å². The number of ether oxygens (including phenoxy) is 1. The summed E-state index contributed by atoms with van der Waals surface area (Å²) in [6.07, 6.45) is 2.11. The number of nitrogens with one attached hydrogen (secondary N) is 1. The Morgan fingerprint density at radius 2 is 2.16 bits per heavy atom. The Hall–Kier alpha value is -1.55. The summed E-state index contributed by atoms with van der Waals surface area (Å²) in [5.74, 6) is 0.810. The number of carbonyl (C=O) groups excluding carboxylic acids is 1. The number of benzene rings is 1. The van der Waals surface area contributed by atoms with Crippen LogP contribution in [-0.2, 0) is 4.79 Å². The molecule has 0 bridgehead atoms. The van der Waals surface area contributed by atoms with Crippen LogP contribution in [0.15, 0.2) is 30.3 Å². The van der Waals surface area contributed by atoms with E-state index in [-0.39, 0.29) is 18.1 Å². The van der Waals surface area contributed by atoms with Gasteiger partial charge in [-0.25, -0.2) is 0 Å². The molecule has 0 radical (unpaired) electrons. The summed E-state index contributed by atoms with van der Waals surface area (Å²) >= 11 is 0. The number of amides is 1. The molecule has 1 aliphatic rings. The summed E-state index contributed by atoms with van der Waals surface area (Å²) in [6, 6.07) is 9.47. The fourth-order valence-electron chi connectivity index (χ4n) is 2.75. The van der Waals surface area contributed by atoms with E-state index in [4.69, 9.17) is 4.74 Å². The fraction of sp³-hybridized carbons (Fsp3) is 0.533. The third-order valence-electron chi connectivity index (χ3n) is 3.71. The lowest BCUT2D eigenvalue weighted by Crippen LogP contribution is -2.52. The van der Waals surface area contributed by atoms with E-state index < -0.39 is 0 Å². The average Bonchev–Trinajstić information content (AvgIpc) is 2.79. The number of likely N-dealkylation sites (tertiary alicyclic amines) is 1. The second-order valence-electron chi connectivity index (χ2n) is 5.28. The van der Waals surface area contributed by atoms with Crippen LogP contribution in [0.3, 0.4) is 0 Å². The molecule has 1 saturated heterocycles. The maximum atomic E-state index is 12.3. The highest BCUT2D eigenvalue weighted by molar-refractivity contribution is 5.79. The van der Waals surface area contributed by atoms with Gasteiger partial charge >= 0.3 is 0 Å². The topological polar surface area (TPSA) is 41.6 Å². The monoisotopic (exact) mass is 262 g/mol. The highest BCUT2D eigenvalue weighted by atomic mass is 16.5. The van der Waals surface area contributed by atoms with Gasteiger partial charge < -0.3 is 15.0 Å². The van der Waals surface area contributed by atoms with Gasteiger partial charge in [0.2, 0.25) is 0 Å². The lowest BCUT2D eigenvalue weighted by Gasteiger charge is -2.35. The van der Waals surface area contributed by atoms with Crippen LogP contribution in [0.2, 0.25) is 0 Å². The van der Waals surface area contributed by atoms with Crippen LogP contribution in [0.25, 0.3) is 0 Å². The number of hydrogen-bond donors (Lipinski definition) is 1. The Kier molecular flexibility index (Phi) is 4.43. The Balaban J connectivity index is 1.92. The largest absolute Gasteiger partial charge is 0.484 e. The summed E-state index contributed by atoms with van der Waals surface area (Å²) in [7, 11) is 1.92. The van der Waals surface area contributed by atoms with E-state index in [1.165, 1.54) is 0 Å². The predicted octanol–water partition coefficient (Wildman–Crippen LogP) is 1.67. The van der Waals surface area contributed by atoms with E-state index >= 15 is 0 Å². The van der Waals surface area contributed by atoms with Gasteiger partial charge in [0.1, 0.15) is 5.75 Å². The van der Waals surface area contributed by atoms with E-state index in [0.29, 0.717) is 0 Å². The first-order chi connectivity index (χ1) is 9.15. The minimum Gasteiger partial charge on any atom is -0.484 e. The van der Waals surface area contributed by atoms with Crippen LogP contribution in [0.4, 0.5) is 0 Å². The van der Waals surface area contributed by atoms with Crippen LogP contribution >= 0.6 is 0 Å². The van der Waals surface area contributed by atoms with Gasteiger partial charge in [-0.05, 0) is 38.9 Å². The van der Waals surface area contributed by atoms with Crippen molar-refractivity contribution in [3.8, 4) is 5.75 Å². The molecule has 4 heteroatoms. The summed E-state index contributed by atoms with van der Waals surface area (Å²) in [5, 5.41) is 3.17. The molecular weight excluding hydrogens is 240 g/mol. The third kappa shape index (κ3) is 3.26. The van der Waals surface area contributed by atoms with Gasteiger partial charge in [-0.3, -0.25) is 4.79 Å². The molecule has 0 saturated carbocycles. The van der Waals surface area contributed by atoms with Crippen molar-refractivity contribution >= 4 is 5.91 Å². The Morgan fingerprint density at radius 1 is 1.42 bits per heavy atom. The zero-order valence-corrected chi connectivity index (χ0v) is 11.7. The summed E-state index contributed by atoms with van der Waals surface area (Å²) < 4.78 is 5.54. The van der Waals surface area contributed by atoms with Crippen LogP contribution in [0.1, 0.15) is 19.8 Å². The normalized spacial score (nSPS) is 22.5. The van der Waals surface area contributed by atoms with Crippen LogP contribution in [0, 0.1) is 0 Å². The maximum Gasteiger partial charge on any atom is 0.261 e. The third-order valence-corrected chi connectivity index (χ3v) is 3.71. The van der Waals surface area contributed by atoms with Gasteiger partial charge in [-0.2, -0.15) is 0 Å². The van der Waals surface area contributed by atoms with Crippen LogP contribution in [0.5, 0.6) is 5.75 Å². The minimum atomic E-state index is -0.0775. The first-order valence-electron chi connectivity index (χ1n) is 6.79. The van der Waals surface area contributed by atoms with E-state index in [1.54, 1.807) is 0 Å². The van der Waals surface area contributed by atoms with Crippen molar-refractivity contribution in [1.29, 1.82) is 0 Å². The Morgan fingerprint density at radius 3 is 2.84 bits per heavy atom. The van der Waals surface area contributed by atoms with E-state index in [9.17, 15) is 4.79 Å². The highest BCUT2D eigenvalue weighted by Crippen LogP contribution is 2.28. The van der Waals surface area contributed by atoms with Crippen LogP contribution in [-0.4, -0.2) is 43.1 Å². The van der Waals surface area contributed by atoms with Gasteiger partial charge in [0.25, 0.3) is 5.91 Å². The van der Waals surface area contributed by atoms with Gasteiger partial charge in [-0.15, -0.1) is 0 Å². The Labute approximate surface area is 114 Å². The molecule has 2 rings (SSSR count). The Bertz CT molecular complexity index is 421. The van der Waals surface area contributed by atoms with E-state index in [0.717, 1.165) is 31.7 Å². The second kappa shape index (κ2) is 6.06. The molecule has 4 nitrogen and oxygen atoms in total. The smallest absolute Gasteiger partial charge is 0.261 e. The summed E-state index contributed by atoms with van der Waals surface area (Å²) in [4.78, 5) is 14.2. The average molecular weight is 262 g/mol. The number of hydrogen-bond acceptors (Lipinski definition) is 3. The predicted molar refractivity (Wildman–Crippen MR) is 75.2 cm³/mol. The number of rotatable bonds is 5. The minimum absolute atomic E-state index is 0.0686. The first-order valence-corrected chi connectivity index (χ1v) is 6.79. The molecule has 0 aliphatic carbocycles. The number of nitrogens with zero attached hydrogens (tertiary/aromatic N) is 1. The lowest BCUT2D eigenvalue weighted by molar-refractivity contribution is -0.136. The van der Waals surface area contributed by atoms with Gasteiger partial charge in [-0.1, -0.05) is 18.2 Å². The van der Waals surface area contributed by atoms with Crippen molar-refractivity contribution < 1.29 is 9.53 Å². The molecule has 1 unspecified atom stereocenters. The summed E-state index contributed by atoms with van der Waals surface area (Å²) in [5.41, 5.74) is -0.0775. The van der Waals surface area contributed by atoms with E-state index in [2.05, 4.69) is 12.2 Å². The molecule has 104 valence electrons. The molecule has 1 aliphatic heterocycles. The van der Waals surface area contributed by atoms with Crippen molar-refractivity contribution in [3.05, 3.63) is 30.3 Å². The fourth-order valence-corrected chi connectivity index (χ4v) is 2.75. The second-order valence-corrected chi connectivity index (χ2v) is 5.28. The lowest BCUT2D eigenvalue weighted by atomic mass is 9.99. The number of para-hydroxylation sites is 1. The molecule has 1 N–H and O–H groups in total. The first kappa shape index (κ1) is 13.9. The molecule has 1 aromatic rings. The molecular formula is C15H22N2O2. The van der Waals surface area contributed by atoms with Gasteiger partial charge in [0.05, 0.1) is 5.54 Å². The summed E-state index contributed by atoms with van der Waals surface area (Å²) in [6.45, 7) is 3.90. The van der Waals surface area contributed by atoms with Gasteiger partial charge in [0, 0.05) is 13.1 Å². The quantitative estimate of drug-likeness (QED) is 0.877. The van der Waals surface area contributed by atoms with Crippen molar-refractivity contribution in [2.24, 2.45) is 0 Å². The molecule has 1 amide bonds. The van der Waals surface area contributed by atoms with Gasteiger partial charge in [0.15, 0.2) is 6.61 Å². The number of carbonyl (C=O) groups is 1. The molecule has 1 aromatic carbocycles. The SMILES string of the molecule is CNCC1(C)CCCN1C(=O)COc1ccccc1. The molecule has 1 heterocycles. The van der Waals surface area contributed by atoms with Crippen LogP contribution < -0.4 is 10.1 Å². The van der Waals surface area contributed by atoms with Crippen molar-refractivity contribution in [3.63, 3.8) is 0 Å². The molecule has 19 heavy (non-hydrogen) atoms. The zero-order valence-electron chi connectivity index (χ0n) is 11.7. The zero-order chi connectivity index (χ0) is 13.7. The molecule has 1 fully saturated rings. The standard InChI is InChI=1S/C15H22N2O2/c1-15(12-16-2)9-6-10-17(15)14(18)11-19-13-7-4-3-5-8-13/h3-5,7-8,16H,6,9-12H2,1-2H3. The number of likely N-dealkylation sites (N-methyl/N-ethyl adjacent to an activating group) is 1. The van der Waals surface area contributed by atoms with Crippen molar-refractivity contribution in [2.45, 2.75) is 25.3 Å².